The predicted molar refractivity (Wildman–Crippen MR) is 59.7 cm³/mol. The molecule has 0 saturated heterocycles. The Balaban J connectivity index is 2.06. The van der Waals surface area contributed by atoms with Crippen LogP contribution in [0.15, 0.2) is 35.0 Å². The topological polar surface area (TPSA) is 61.9 Å². The highest BCUT2D eigenvalue weighted by atomic mass is 16.5. The lowest BCUT2D eigenvalue weighted by Gasteiger charge is -2.05. The molecule has 1 aromatic heterocycles. The van der Waals surface area contributed by atoms with Crippen LogP contribution in [-0.4, -0.2) is 5.16 Å². The molecule has 80 valence electrons. The van der Waals surface area contributed by atoms with Crippen molar-refractivity contribution in [2.45, 2.75) is 13.5 Å². The first kappa shape index (κ1) is 10.2. The van der Waals surface area contributed by atoms with E-state index in [9.17, 15) is 0 Å². The molecule has 16 heavy (non-hydrogen) atoms. The van der Waals surface area contributed by atoms with Gasteiger partial charge in [-0.15, -0.1) is 0 Å². The van der Waals surface area contributed by atoms with Crippen molar-refractivity contribution >= 4 is 5.69 Å². The third-order valence-corrected chi connectivity index (χ3v) is 2.30. The van der Waals surface area contributed by atoms with Crippen molar-refractivity contribution in [3.63, 3.8) is 0 Å². The summed E-state index contributed by atoms with van der Waals surface area (Å²) in [6, 6.07) is 9.56. The summed E-state index contributed by atoms with van der Waals surface area (Å²) in [7, 11) is 0. The molecule has 4 nitrogen and oxygen atoms in total. The molecule has 0 atom stereocenters. The summed E-state index contributed by atoms with van der Waals surface area (Å²) in [6.07, 6.45) is 1.61. The van der Waals surface area contributed by atoms with Crippen LogP contribution >= 0.6 is 0 Å². The SMILES string of the molecule is Cc1cc(NCc2ccno2)ccc1C#N. The summed E-state index contributed by atoms with van der Waals surface area (Å²) in [5, 5.41) is 15.6. The van der Waals surface area contributed by atoms with Crippen LogP contribution in [0.1, 0.15) is 16.9 Å². The number of nitrogens with one attached hydrogen (secondary N) is 1. The zero-order valence-electron chi connectivity index (χ0n) is 8.90. The minimum atomic E-state index is 0.589. The fourth-order valence-corrected chi connectivity index (χ4v) is 1.42. The fraction of sp³-hybridized carbons (Fsp3) is 0.167. The second-order valence-electron chi connectivity index (χ2n) is 3.47. The van der Waals surface area contributed by atoms with Crippen molar-refractivity contribution in [1.82, 2.24) is 5.16 Å². The molecule has 0 bridgehead atoms. The molecule has 1 N–H and O–H groups in total. The number of aromatic nitrogens is 1. The molecule has 0 spiro atoms. The number of nitrogens with zero attached hydrogens (tertiary/aromatic N) is 2. The minimum absolute atomic E-state index is 0.589. The van der Waals surface area contributed by atoms with Crippen LogP contribution in [-0.2, 0) is 6.54 Å². The summed E-state index contributed by atoms with van der Waals surface area (Å²) in [5.41, 5.74) is 2.63. The highest BCUT2D eigenvalue weighted by Crippen LogP contribution is 2.15. The fourth-order valence-electron chi connectivity index (χ4n) is 1.42. The van der Waals surface area contributed by atoms with E-state index in [0.717, 1.165) is 17.0 Å². The Labute approximate surface area is 93.5 Å². The van der Waals surface area contributed by atoms with Crippen molar-refractivity contribution in [3.8, 4) is 6.07 Å². The van der Waals surface area contributed by atoms with E-state index in [1.165, 1.54) is 0 Å². The molecule has 0 saturated carbocycles. The Kier molecular flexibility index (Phi) is 2.88. The van der Waals surface area contributed by atoms with Gasteiger partial charge in [-0.1, -0.05) is 5.16 Å². The van der Waals surface area contributed by atoms with Gasteiger partial charge in [0.05, 0.1) is 24.4 Å². The van der Waals surface area contributed by atoms with Gasteiger partial charge < -0.3 is 9.84 Å². The van der Waals surface area contributed by atoms with E-state index in [1.807, 2.05) is 25.1 Å². The van der Waals surface area contributed by atoms with E-state index in [4.69, 9.17) is 9.78 Å². The van der Waals surface area contributed by atoms with Gasteiger partial charge in [0.1, 0.15) is 0 Å². The molecule has 0 aliphatic carbocycles. The zero-order chi connectivity index (χ0) is 11.4. The van der Waals surface area contributed by atoms with E-state index in [1.54, 1.807) is 12.3 Å². The van der Waals surface area contributed by atoms with Gasteiger partial charge in [-0.3, -0.25) is 0 Å². The number of nitriles is 1. The lowest BCUT2D eigenvalue weighted by molar-refractivity contribution is 0.388. The molecular weight excluding hydrogens is 202 g/mol. The standard InChI is InChI=1S/C12H11N3O/c1-9-6-11(3-2-10(9)7-13)14-8-12-4-5-15-16-12/h2-6,14H,8H2,1H3. The molecule has 0 aliphatic heterocycles. The Morgan fingerprint density at radius 1 is 1.44 bits per heavy atom. The number of aryl methyl sites for hydroxylation is 1. The highest BCUT2D eigenvalue weighted by Gasteiger charge is 2.00. The van der Waals surface area contributed by atoms with Crippen molar-refractivity contribution in [2.75, 3.05) is 5.32 Å². The summed E-state index contributed by atoms with van der Waals surface area (Å²) in [4.78, 5) is 0. The summed E-state index contributed by atoms with van der Waals surface area (Å²) >= 11 is 0. The van der Waals surface area contributed by atoms with Crippen molar-refractivity contribution < 1.29 is 4.52 Å². The quantitative estimate of drug-likeness (QED) is 0.850. The molecule has 2 aromatic rings. The summed E-state index contributed by atoms with van der Waals surface area (Å²) in [6.45, 7) is 2.50. The highest BCUT2D eigenvalue weighted by molar-refractivity contribution is 5.51. The van der Waals surface area contributed by atoms with E-state index in [2.05, 4.69) is 16.5 Å². The van der Waals surface area contributed by atoms with Gasteiger partial charge in [0.25, 0.3) is 0 Å². The predicted octanol–water partition coefficient (Wildman–Crippen LogP) is 2.47. The van der Waals surface area contributed by atoms with Gasteiger partial charge in [-0.05, 0) is 30.7 Å². The molecule has 0 aliphatic rings. The number of hydrogen-bond donors (Lipinski definition) is 1. The number of rotatable bonds is 3. The van der Waals surface area contributed by atoms with Crippen LogP contribution < -0.4 is 5.32 Å². The van der Waals surface area contributed by atoms with Crippen LogP contribution in [0, 0.1) is 18.3 Å². The number of benzene rings is 1. The molecule has 1 aromatic carbocycles. The Hall–Kier alpha value is -2.28. The van der Waals surface area contributed by atoms with E-state index in [-0.39, 0.29) is 0 Å². The van der Waals surface area contributed by atoms with Crippen molar-refractivity contribution in [3.05, 3.63) is 47.3 Å². The second-order valence-corrected chi connectivity index (χ2v) is 3.47. The smallest absolute Gasteiger partial charge is 0.155 e. The molecule has 2 rings (SSSR count). The van der Waals surface area contributed by atoms with Crippen molar-refractivity contribution in [2.24, 2.45) is 0 Å². The average Bonchev–Trinajstić information content (AvgIpc) is 2.79. The molecule has 0 amide bonds. The first-order valence-corrected chi connectivity index (χ1v) is 4.94. The maximum Gasteiger partial charge on any atom is 0.155 e. The monoisotopic (exact) mass is 213 g/mol. The van der Waals surface area contributed by atoms with Crippen LogP contribution in [0.3, 0.4) is 0 Å². The Bertz CT molecular complexity index is 512. The van der Waals surface area contributed by atoms with Gasteiger partial charge in [-0.2, -0.15) is 5.26 Å². The third kappa shape index (κ3) is 2.20. The van der Waals surface area contributed by atoms with E-state index in [0.29, 0.717) is 12.1 Å². The van der Waals surface area contributed by atoms with Crippen molar-refractivity contribution in [1.29, 1.82) is 5.26 Å². The van der Waals surface area contributed by atoms with Gasteiger partial charge in [0.15, 0.2) is 5.76 Å². The summed E-state index contributed by atoms with van der Waals surface area (Å²) in [5.74, 6) is 0.780. The molecule has 0 unspecified atom stereocenters. The van der Waals surface area contributed by atoms with Crippen LogP contribution in [0.25, 0.3) is 0 Å². The van der Waals surface area contributed by atoms with Crippen LogP contribution in [0.2, 0.25) is 0 Å². The molecule has 0 fully saturated rings. The molecule has 0 radical (unpaired) electrons. The average molecular weight is 213 g/mol. The van der Waals surface area contributed by atoms with Gasteiger partial charge >= 0.3 is 0 Å². The molecular formula is C12H11N3O. The number of anilines is 1. The minimum Gasteiger partial charge on any atom is -0.378 e. The zero-order valence-corrected chi connectivity index (χ0v) is 8.90. The van der Waals surface area contributed by atoms with E-state index >= 15 is 0 Å². The molecule has 4 heteroatoms. The first-order chi connectivity index (χ1) is 7.79. The van der Waals surface area contributed by atoms with Gasteiger partial charge in [-0.25, -0.2) is 0 Å². The second kappa shape index (κ2) is 4.49. The first-order valence-electron chi connectivity index (χ1n) is 4.94. The Morgan fingerprint density at radius 2 is 2.31 bits per heavy atom. The molecule has 1 heterocycles. The maximum atomic E-state index is 8.80. The van der Waals surface area contributed by atoms with E-state index < -0.39 is 0 Å². The normalized spacial score (nSPS) is 9.75. The van der Waals surface area contributed by atoms with Crippen LogP contribution in [0.4, 0.5) is 5.69 Å². The largest absolute Gasteiger partial charge is 0.378 e. The maximum absolute atomic E-state index is 8.80. The lowest BCUT2D eigenvalue weighted by Crippen LogP contribution is -1.98. The lowest BCUT2D eigenvalue weighted by atomic mass is 10.1. The van der Waals surface area contributed by atoms with Gasteiger partial charge in [0.2, 0.25) is 0 Å². The van der Waals surface area contributed by atoms with Crippen LogP contribution in [0.5, 0.6) is 0 Å². The number of hydrogen-bond acceptors (Lipinski definition) is 4. The van der Waals surface area contributed by atoms with Gasteiger partial charge in [0, 0.05) is 11.8 Å². The summed E-state index contributed by atoms with van der Waals surface area (Å²) < 4.78 is 4.97. The third-order valence-electron chi connectivity index (χ3n) is 2.30. The Morgan fingerprint density at radius 3 is 2.94 bits per heavy atom.